The molecule has 0 saturated carbocycles. The molecule has 0 aliphatic carbocycles. The first kappa shape index (κ1) is 9.30. The van der Waals surface area contributed by atoms with Crippen molar-refractivity contribution in [3.8, 4) is 16.5 Å². The molecule has 2 heterocycles. The summed E-state index contributed by atoms with van der Waals surface area (Å²) >= 11 is 1.48. The fraction of sp³-hybridized carbons (Fsp3) is 0. The van der Waals surface area contributed by atoms with Crippen LogP contribution in [0.15, 0.2) is 41.9 Å². The van der Waals surface area contributed by atoms with E-state index < -0.39 is 0 Å². The standard InChI is InChI=1S/C12H7N2OS/c15-11-7-10(12-13-5-6-16-12)14-9-4-2-1-3-8(9)11/h1-7H. The van der Waals surface area contributed by atoms with Crippen molar-refractivity contribution in [2.45, 2.75) is 0 Å². The number of hydrogen-bond donors (Lipinski definition) is 0. The van der Waals surface area contributed by atoms with Crippen molar-refractivity contribution in [1.29, 1.82) is 0 Å². The lowest BCUT2D eigenvalue weighted by molar-refractivity contribution is 0.360. The fourth-order valence-electron chi connectivity index (χ4n) is 1.60. The summed E-state index contributed by atoms with van der Waals surface area (Å²) in [5.74, 6) is -0.00389. The van der Waals surface area contributed by atoms with Gasteiger partial charge in [0, 0.05) is 23.0 Å². The first-order valence-corrected chi connectivity index (χ1v) is 5.69. The molecule has 0 amide bonds. The van der Waals surface area contributed by atoms with E-state index in [0.717, 1.165) is 10.5 Å². The lowest BCUT2D eigenvalue weighted by Crippen LogP contribution is -1.84. The molecule has 4 heteroatoms. The van der Waals surface area contributed by atoms with Gasteiger partial charge in [-0.3, -0.25) is 5.11 Å². The average Bonchev–Trinajstić information content (AvgIpc) is 2.82. The molecule has 77 valence electrons. The van der Waals surface area contributed by atoms with Gasteiger partial charge in [0.2, 0.25) is 0 Å². The Bertz CT molecular complexity index is 635. The molecule has 1 radical (unpaired) electrons. The lowest BCUT2D eigenvalue weighted by Gasteiger charge is -2.00. The number of benzene rings is 1. The number of fused-ring (bicyclic) bond motifs is 1. The molecule has 0 saturated heterocycles. The zero-order valence-corrected chi connectivity index (χ0v) is 9.07. The Morgan fingerprint density at radius 2 is 2.06 bits per heavy atom. The smallest absolute Gasteiger partial charge is 0.190 e. The van der Waals surface area contributed by atoms with Crippen LogP contribution in [-0.4, -0.2) is 9.97 Å². The number of rotatable bonds is 1. The van der Waals surface area contributed by atoms with Crippen molar-refractivity contribution in [2.75, 3.05) is 0 Å². The first-order chi connectivity index (χ1) is 7.84. The number of pyridine rings is 1. The Morgan fingerprint density at radius 1 is 1.19 bits per heavy atom. The van der Waals surface area contributed by atoms with Gasteiger partial charge < -0.3 is 0 Å². The number of aromatic nitrogens is 2. The van der Waals surface area contributed by atoms with Gasteiger partial charge in [-0.1, -0.05) is 12.1 Å². The summed E-state index contributed by atoms with van der Waals surface area (Å²) in [5, 5.41) is 15.1. The average molecular weight is 227 g/mol. The summed E-state index contributed by atoms with van der Waals surface area (Å²) in [7, 11) is 0. The third kappa shape index (κ3) is 1.44. The molecular weight excluding hydrogens is 220 g/mol. The summed E-state index contributed by atoms with van der Waals surface area (Å²) in [4.78, 5) is 8.58. The molecule has 3 rings (SSSR count). The van der Waals surface area contributed by atoms with Crippen molar-refractivity contribution >= 4 is 22.2 Å². The second-order valence-corrected chi connectivity index (χ2v) is 4.25. The van der Waals surface area contributed by atoms with Gasteiger partial charge in [0.1, 0.15) is 10.7 Å². The Balaban J connectivity index is 2.29. The predicted octanol–water partition coefficient (Wildman–Crippen LogP) is 3.50. The molecule has 0 aliphatic rings. The highest BCUT2D eigenvalue weighted by molar-refractivity contribution is 7.13. The molecule has 0 atom stereocenters. The summed E-state index contributed by atoms with van der Waals surface area (Å²) in [6.45, 7) is 0. The zero-order chi connectivity index (χ0) is 11.0. The molecule has 0 fully saturated rings. The van der Waals surface area contributed by atoms with E-state index in [1.165, 1.54) is 11.3 Å². The normalized spacial score (nSPS) is 10.8. The van der Waals surface area contributed by atoms with Crippen LogP contribution in [-0.2, 0) is 5.11 Å². The van der Waals surface area contributed by atoms with Gasteiger partial charge in [-0.15, -0.1) is 11.3 Å². The van der Waals surface area contributed by atoms with E-state index in [1.807, 2.05) is 23.6 Å². The van der Waals surface area contributed by atoms with E-state index in [-0.39, 0.29) is 5.75 Å². The fourth-order valence-corrected chi connectivity index (χ4v) is 2.20. The van der Waals surface area contributed by atoms with Crippen molar-refractivity contribution in [3.63, 3.8) is 0 Å². The van der Waals surface area contributed by atoms with E-state index in [2.05, 4.69) is 9.97 Å². The van der Waals surface area contributed by atoms with Crippen molar-refractivity contribution in [1.82, 2.24) is 9.97 Å². The van der Waals surface area contributed by atoms with Crippen LogP contribution >= 0.6 is 11.3 Å². The van der Waals surface area contributed by atoms with E-state index in [9.17, 15) is 5.11 Å². The maximum absolute atomic E-state index is 11.8. The predicted molar refractivity (Wildman–Crippen MR) is 63.0 cm³/mol. The minimum absolute atomic E-state index is 0.00389. The summed E-state index contributed by atoms with van der Waals surface area (Å²) in [6.07, 6.45) is 1.71. The number of thiazole rings is 1. The summed E-state index contributed by atoms with van der Waals surface area (Å²) in [5.41, 5.74) is 1.37. The highest BCUT2D eigenvalue weighted by Crippen LogP contribution is 2.29. The maximum atomic E-state index is 11.8. The molecule has 0 spiro atoms. The molecule has 3 nitrogen and oxygen atoms in total. The Labute approximate surface area is 96.0 Å². The number of para-hydroxylation sites is 1. The molecule has 16 heavy (non-hydrogen) atoms. The SMILES string of the molecule is [O]c1cc(-c2nccs2)nc2ccccc12. The van der Waals surface area contributed by atoms with Crippen LogP contribution in [0, 0.1) is 0 Å². The number of nitrogens with zero attached hydrogens (tertiary/aromatic N) is 2. The Morgan fingerprint density at radius 3 is 2.88 bits per heavy atom. The molecule has 0 N–H and O–H groups in total. The minimum Gasteiger partial charge on any atom is -0.289 e. The van der Waals surface area contributed by atoms with Crippen molar-refractivity contribution in [2.24, 2.45) is 0 Å². The largest absolute Gasteiger partial charge is 0.289 e. The first-order valence-electron chi connectivity index (χ1n) is 4.81. The second-order valence-electron chi connectivity index (χ2n) is 3.36. The van der Waals surface area contributed by atoms with Gasteiger partial charge in [0.15, 0.2) is 5.75 Å². The Kier molecular flexibility index (Phi) is 2.08. The highest BCUT2D eigenvalue weighted by atomic mass is 32.1. The molecule has 3 aromatic rings. The van der Waals surface area contributed by atoms with Crippen LogP contribution in [0.4, 0.5) is 0 Å². The van der Waals surface area contributed by atoms with Crippen molar-refractivity contribution < 1.29 is 5.11 Å². The van der Waals surface area contributed by atoms with Gasteiger partial charge in [-0.2, -0.15) is 0 Å². The van der Waals surface area contributed by atoms with Gasteiger partial charge in [-0.25, -0.2) is 9.97 Å². The minimum atomic E-state index is -0.00389. The van der Waals surface area contributed by atoms with Crippen LogP contribution < -0.4 is 0 Å². The van der Waals surface area contributed by atoms with E-state index >= 15 is 0 Å². The molecule has 1 aromatic carbocycles. The summed E-state index contributed by atoms with van der Waals surface area (Å²) < 4.78 is 0. The van der Waals surface area contributed by atoms with E-state index in [4.69, 9.17) is 0 Å². The third-order valence-corrected chi connectivity index (χ3v) is 3.13. The molecular formula is C12H7N2OS. The molecule has 0 aliphatic heterocycles. The lowest BCUT2D eigenvalue weighted by atomic mass is 10.2. The third-order valence-electron chi connectivity index (χ3n) is 2.33. The van der Waals surface area contributed by atoms with Gasteiger partial charge in [0.05, 0.1) is 5.52 Å². The number of hydrogen-bond acceptors (Lipinski definition) is 3. The van der Waals surface area contributed by atoms with E-state index in [1.54, 1.807) is 18.3 Å². The van der Waals surface area contributed by atoms with Gasteiger partial charge in [-0.05, 0) is 12.1 Å². The van der Waals surface area contributed by atoms with Gasteiger partial charge in [0.25, 0.3) is 0 Å². The van der Waals surface area contributed by atoms with Crippen LogP contribution in [0.25, 0.3) is 21.6 Å². The second kappa shape index (κ2) is 3.57. The van der Waals surface area contributed by atoms with Gasteiger partial charge >= 0.3 is 0 Å². The van der Waals surface area contributed by atoms with Crippen LogP contribution in [0.5, 0.6) is 5.75 Å². The molecule has 0 unspecified atom stereocenters. The van der Waals surface area contributed by atoms with Crippen molar-refractivity contribution in [3.05, 3.63) is 41.9 Å². The van der Waals surface area contributed by atoms with E-state index in [0.29, 0.717) is 11.1 Å². The highest BCUT2D eigenvalue weighted by Gasteiger charge is 2.08. The zero-order valence-electron chi connectivity index (χ0n) is 8.25. The van der Waals surface area contributed by atoms with Crippen LogP contribution in [0.3, 0.4) is 0 Å². The van der Waals surface area contributed by atoms with Crippen LogP contribution in [0.1, 0.15) is 0 Å². The quantitative estimate of drug-likeness (QED) is 0.638. The van der Waals surface area contributed by atoms with Crippen LogP contribution in [0.2, 0.25) is 0 Å². The summed E-state index contributed by atoms with van der Waals surface area (Å²) in [6, 6.07) is 8.89. The molecule has 2 aromatic heterocycles. The monoisotopic (exact) mass is 227 g/mol. The maximum Gasteiger partial charge on any atom is 0.190 e. The Hall–Kier alpha value is -1.94. The topological polar surface area (TPSA) is 45.7 Å². The molecule has 0 bridgehead atoms.